The molecule has 0 unspecified atom stereocenters. The number of carbonyl (C=O) groups excluding carboxylic acids is 1. The number of carbonyl (C=O) groups is 1. The average molecular weight is 196 g/mol. The molecule has 0 aromatic heterocycles. The van der Waals surface area contributed by atoms with Crippen LogP contribution in [0.3, 0.4) is 0 Å². The van der Waals surface area contributed by atoms with Gasteiger partial charge in [-0.25, -0.2) is 11.4 Å². The molecule has 78 valence electrons. The van der Waals surface area contributed by atoms with Gasteiger partial charge in [0.05, 0.1) is 0 Å². The molecule has 0 saturated heterocycles. The molecular weight excluding hydrogens is 180 g/mol. The van der Waals surface area contributed by atoms with Crippen molar-refractivity contribution in [3.8, 4) is 0 Å². The van der Waals surface area contributed by atoms with Crippen LogP contribution in [0.15, 0.2) is 12.2 Å². The fraction of sp³-hybridized carbons (Fsp3) is 0.600. The van der Waals surface area contributed by atoms with E-state index in [1.807, 2.05) is 0 Å². The van der Waals surface area contributed by atoms with E-state index in [0.717, 1.165) is 0 Å². The Kier molecular flexibility index (Phi) is 5.38. The Hall–Kier alpha value is -1.50. The number of alkyl carbamates (subject to hydrolysis) is 1. The van der Waals surface area contributed by atoms with E-state index in [1.54, 1.807) is 32.9 Å². The molecule has 0 aliphatic heterocycles. The second-order valence-electron chi connectivity index (χ2n) is 3.69. The van der Waals surface area contributed by atoms with Crippen molar-refractivity contribution in [2.45, 2.75) is 26.4 Å². The predicted octanol–water partition coefficient (Wildman–Crippen LogP) is 1.99. The second-order valence-corrected chi connectivity index (χ2v) is 3.69. The van der Waals surface area contributed by atoms with Gasteiger partial charge < -0.3 is 14.9 Å². The summed E-state index contributed by atoms with van der Waals surface area (Å²) < 4.78 is 5.00. The molecule has 14 heavy (non-hydrogen) atoms. The second kappa shape index (κ2) is 6.03. The normalized spacial score (nSPS) is 11.0. The van der Waals surface area contributed by atoms with Crippen molar-refractivity contribution in [1.82, 2.24) is 5.32 Å². The highest BCUT2D eigenvalue weighted by Gasteiger charge is 2.14. The summed E-state index contributed by atoms with van der Waals surface area (Å²) >= 11 is 0. The van der Waals surface area contributed by atoms with Gasteiger partial charge in [-0.3, -0.25) is 0 Å². The first-order chi connectivity index (χ1) is 6.45. The van der Waals surface area contributed by atoms with Crippen molar-refractivity contribution < 1.29 is 9.53 Å². The van der Waals surface area contributed by atoms with Gasteiger partial charge >= 0.3 is 6.09 Å². The van der Waals surface area contributed by atoms with Gasteiger partial charge in [0.1, 0.15) is 5.60 Å². The van der Waals surface area contributed by atoms with Crippen molar-refractivity contribution >= 4 is 6.09 Å². The molecule has 0 rings (SSSR count). The Morgan fingerprint density at radius 3 is 2.64 bits per heavy atom. The molecule has 0 aliphatic rings. The third-order valence-electron chi connectivity index (χ3n) is 1.13. The van der Waals surface area contributed by atoms with Crippen LogP contribution in [0.5, 0.6) is 0 Å². The largest absolute Gasteiger partial charge is 0.444 e. The van der Waals surface area contributed by atoms with Gasteiger partial charge in [-0.1, -0.05) is 6.08 Å². The molecule has 0 radical (unpaired) electrons. The Labute approximate surface area is 84.8 Å². The molecule has 0 aliphatic carbocycles. The Bertz CT molecular complexity index is 246. The number of hydrogen-bond acceptors (Lipinski definition) is 2. The van der Waals surface area contributed by atoms with Crippen LogP contribution in [0.2, 0.25) is 0 Å². The van der Waals surface area contributed by atoms with E-state index in [2.05, 4.69) is 10.2 Å². The lowest BCUT2D eigenvalue weighted by Gasteiger charge is -2.19. The summed E-state index contributed by atoms with van der Waals surface area (Å²) in [5.41, 5.74) is -0.468. The molecule has 0 spiro atoms. The molecular formula is C10H16N2O2. The van der Waals surface area contributed by atoms with Crippen LogP contribution in [0.4, 0.5) is 4.79 Å². The number of nitrogens with zero attached hydrogens (tertiary/aromatic N) is 1. The molecule has 0 fully saturated rings. The fourth-order valence-electron chi connectivity index (χ4n) is 0.667. The summed E-state index contributed by atoms with van der Waals surface area (Å²) in [5.74, 6) is 0. The minimum absolute atomic E-state index is 0.343. The maximum atomic E-state index is 11.1. The fourth-order valence-corrected chi connectivity index (χ4v) is 0.667. The van der Waals surface area contributed by atoms with Crippen LogP contribution in [-0.4, -0.2) is 24.8 Å². The topological polar surface area (TPSA) is 42.7 Å². The Balaban J connectivity index is 3.61. The molecule has 0 aromatic rings. The van der Waals surface area contributed by atoms with Gasteiger partial charge in [0.15, 0.2) is 0 Å². The van der Waals surface area contributed by atoms with Crippen molar-refractivity contribution in [2.75, 3.05) is 13.1 Å². The van der Waals surface area contributed by atoms with Crippen LogP contribution in [0.25, 0.3) is 4.85 Å². The first kappa shape index (κ1) is 12.5. The summed E-state index contributed by atoms with van der Waals surface area (Å²) in [6.45, 7) is 12.7. The first-order valence-corrected chi connectivity index (χ1v) is 4.41. The van der Waals surface area contributed by atoms with E-state index < -0.39 is 11.7 Å². The van der Waals surface area contributed by atoms with Crippen molar-refractivity contribution in [3.63, 3.8) is 0 Å². The van der Waals surface area contributed by atoms with Crippen molar-refractivity contribution in [1.29, 1.82) is 0 Å². The van der Waals surface area contributed by atoms with Crippen LogP contribution < -0.4 is 5.32 Å². The van der Waals surface area contributed by atoms with Gasteiger partial charge in [-0.05, 0) is 26.8 Å². The lowest BCUT2D eigenvalue weighted by Crippen LogP contribution is -2.32. The van der Waals surface area contributed by atoms with Gasteiger partial charge in [0, 0.05) is 6.54 Å². The van der Waals surface area contributed by atoms with Gasteiger partial charge in [0.25, 0.3) is 0 Å². The summed E-state index contributed by atoms with van der Waals surface area (Å²) in [6.07, 6.45) is 2.98. The molecule has 4 nitrogen and oxygen atoms in total. The molecule has 4 heteroatoms. The zero-order valence-corrected chi connectivity index (χ0v) is 8.83. The Morgan fingerprint density at radius 2 is 2.14 bits per heavy atom. The zero-order valence-electron chi connectivity index (χ0n) is 8.83. The van der Waals surface area contributed by atoms with Gasteiger partial charge in [-0.15, -0.1) is 0 Å². The van der Waals surface area contributed by atoms with Crippen LogP contribution >= 0.6 is 0 Å². The highest BCUT2D eigenvalue weighted by atomic mass is 16.6. The van der Waals surface area contributed by atoms with E-state index in [9.17, 15) is 4.79 Å². The zero-order chi connectivity index (χ0) is 11.0. The third kappa shape index (κ3) is 8.60. The number of rotatable bonds is 3. The summed E-state index contributed by atoms with van der Waals surface area (Å²) in [5, 5.41) is 2.55. The number of ether oxygens (including phenoxy) is 1. The van der Waals surface area contributed by atoms with Gasteiger partial charge in [-0.2, -0.15) is 0 Å². The molecule has 1 N–H and O–H groups in total. The summed E-state index contributed by atoms with van der Waals surface area (Å²) in [6, 6.07) is 0. The molecule has 0 atom stereocenters. The minimum Gasteiger partial charge on any atom is -0.444 e. The maximum absolute atomic E-state index is 11.1. The van der Waals surface area contributed by atoms with Crippen molar-refractivity contribution in [2.24, 2.45) is 0 Å². The molecule has 0 saturated carbocycles. The van der Waals surface area contributed by atoms with E-state index in [4.69, 9.17) is 11.3 Å². The highest BCUT2D eigenvalue weighted by Crippen LogP contribution is 2.05. The quantitative estimate of drug-likeness (QED) is 0.554. The van der Waals surface area contributed by atoms with E-state index in [-0.39, 0.29) is 0 Å². The SMILES string of the molecule is [C-]#[N+]C/C=C/CNC(=O)OC(C)(C)C. The van der Waals surface area contributed by atoms with Crippen LogP contribution in [0.1, 0.15) is 20.8 Å². The minimum atomic E-state index is -0.468. The number of nitrogens with one attached hydrogen (secondary N) is 1. The van der Waals surface area contributed by atoms with Crippen LogP contribution in [0, 0.1) is 6.57 Å². The molecule has 0 heterocycles. The lowest BCUT2D eigenvalue weighted by molar-refractivity contribution is 0.0534. The molecule has 0 aromatic carbocycles. The monoisotopic (exact) mass is 196 g/mol. The number of hydrogen-bond donors (Lipinski definition) is 1. The lowest BCUT2D eigenvalue weighted by atomic mass is 10.2. The summed E-state index contributed by atoms with van der Waals surface area (Å²) in [7, 11) is 0. The maximum Gasteiger partial charge on any atom is 0.407 e. The van der Waals surface area contributed by atoms with Crippen molar-refractivity contribution in [3.05, 3.63) is 23.6 Å². The summed E-state index contributed by atoms with van der Waals surface area (Å²) in [4.78, 5) is 14.2. The van der Waals surface area contributed by atoms with E-state index in [1.165, 1.54) is 0 Å². The highest BCUT2D eigenvalue weighted by molar-refractivity contribution is 5.67. The average Bonchev–Trinajstić information content (AvgIpc) is 2.00. The van der Waals surface area contributed by atoms with Gasteiger partial charge in [0.2, 0.25) is 6.54 Å². The first-order valence-electron chi connectivity index (χ1n) is 4.41. The molecule has 0 bridgehead atoms. The third-order valence-corrected chi connectivity index (χ3v) is 1.13. The van der Waals surface area contributed by atoms with E-state index in [0.29, 0.717) is 13.1 Å². The van der Waals surface area contributed by atoms with Crippen LogP contribution in [-0.2, 0) is 4.74 Å². The van der Waals surface area contributed by atoms with E-state index >= 15 is 0 Å². The smallest absolute Gasteiger partial charge is 0.407 e. The standard InChI is InChI=1S/C10H16N2O2/c1-10(2,3)14-9(13)12-8-6-5-7-11-4/h5-6H,7-8H2,1-3H3,(H,12,13)/b6-5+. The number of amides is 1. The Morgan fingerprint density at radius 1 is 1.50 bits per heavy atom. The molecule has 1 amide bonds. The predicted molar refractivity (Wildman–Crippen MR) is 54.8 cm³/mol.